The molecule has 0 amide bonds. The predicted octanol–water partition coefficient (Wildman–Crippen LogP) is -0.476. The quantitative estimate of drug-likeness (QED) is 0.507. The number of nitrogens with one attached hydrogen (secondary N) is 1. The van der Waals surface area contributed by atoms with Crippen LogP contribution in [-0.4, -0.2) is 34.7 Å². The normalized spacial score (nSPS) is 12.5. The van der Waals surface area contributed by atoms with Crippen LogP contribution in [0.15, 0.2) is 0 Å². The Morgan fingerprint density at radius 2 is 1.91 bits per heavy atom. The zero-order valence-corrected chi connectivity index (χ0v) is 6.20. The van der Waals surface area contributed by atoms with Gasteiger partial charge in [-0.3, -0.25) is 9.59 Å². The third kappa shape index (κ3) is 6.79. The minimum absolute atomic E-state index is 0.0622. The number of rotatable bonds is 5. The summed E-state index contributed by atoms with van der Waals surface area (Å²) in [6, 6.07) is -0.302. The van der Waals surface area contributed by atoms with Gasteiger partial charge in [0.05, 0.1) is 13.0 Å². The molecular formula is C6H11NO4. The summed E-state index contributed by atoms with van der Waals surface area (Å²) < 4.78 is 0. The summed E-state index contributed by atoms with van der Waals surface area (Å²) in [5.41, 5.74) is 0. The van der Waals surface area contributed by atoms with Gasteiger partial charge in [0.2, 0.25) is 0 Å². The Labute approximate surface area is 64.0 Å². The fourth-order valence-corrected chi connectivity index (χ4v) is 0.596. The van der Waals surface area contributed by atoms with Crippen LogP contribution in [0.3, 0.4) is 0 Å². The van der Waals surface area contributed by atoms with Gasteiger partial charge >= 0.3 is 11.9 Å². The maximum absolute atomic E-state index is 10.1. The van der Waals surface area contributed by atoms with Crippen LogP contribution in [0.25, 0.3) is 0 Å². The molecule has 0 aliphatic heterocycles. The van der Waals surface area contributed by atoms with E-state index in [1.807, 2.05) is 0 Å². The van der Waals surface area contributed by atoms with Crippen LogP contribution in [0, 0.1) is 0 Å². The minimum Gasteiger partial charge on any atom is -0.481 e. The van der Waals surface area contributed by atoms with Crippen molar-refractivity contribution in [3.63, 3.8) is 0 Å². The van der Waals surface area contributed by atoms with Crippen molar-refractivity contribution in [1.82, 2.24) is 5.32 Å². The second-order valence-corrected chi connectivity index (χ2v) is 2.27. The summed E-state index contributed by atoms with van der Waals surface area (Å²) in [7, 11) is 0. The standard InChI is InChI=1S/C6H11NO4/c1-4(2-5(8)9)7-3-6(10)11/h4,7H,2-3H2,1H3,(H,8,9)(H,10,11). The Bertz CT molecular complexity index is 157. The summed E-state index contributed by atoms with van der Waals surface area (Å²) in [6.07, 6.45) is -0.0622. The molecule has 5 heteroatoms. The van der Waals surface area contributed by atoms with E-state index in [0.29, 0.717) is 0 Å². The Hall–Kier alpha value is -1.10. The van der Waals surface area contributed by atoms with Crippen LogP contribution in [0.2, 0.25) is 0 Å². The van der Waals surface area contributed by atoms with Gasteiger partial charge in [-0.2, -0.15) is 0 Å². The molecule has 1 unspecified atom stereocenters. The predicted molar refractivity (Wildman–Crippen MR) is 37.4 cm³/mol. The Morgan fingerprint density at radius 1 is 1.36 bits per heavy atom. The number of aliphatic carboxylic acids is 2. The van der Waals surface area contributed by atoms with E-state index in [2.05, 4.69) is 5.32 Å². The second-order valence-electron chi connectivity index (χ2n) is 2.27. The van der Waals surface area contributed by atoms with Crippen LogP contribution >= 0.6 is 0 Å². The largest absolute Gasteiger partial charge is 0.481 e. The zero-order valence-electron chi connectivity index (χ0n) is 6.20. The van der Waals surface area contributed by atoms with E-state index in [1.165, 1.54) is 0 Å². The van der Waals surface area contributed by atoms with E-state index in [9.17, 15) is 9.59 Å². The summed E-state index contributed by atoms with van der Waals surface area (Å²) >= 11 is 0. The molecule has 0 aromatic carbocycles. The third-order valence-electron chi connectivity index (χ3n) is 1.08. The Balaban J connectivity index is 3.44. The smallest absolute Gasteiger partial charge is 0.317 e. The molecule has 5 nitrogen and oxygen atoms in total. The number of carbonyl (C=O) groups is 2. The highest BCUT2D eigenvalue weighted by atomic mass is 16.4. The molecular weight excluding hydrogens is 150 g/mol. The van der Waals surface area contributed by atoms with Gasteiger partial charge in [0.1, 0.15) is 0 Å². The van der Waals surface area contributed by atoms with Gasteiger partial charge in [-0.25, -0.2) is 0 Å². The third-order valence-corrected chi connectivity index (χ3v) is 1.08. The molecule has 0 aromatic heterocycles. The fourth-order valence-electron chi connectivity index (χ4n) is 0.596. The lowest BCUT2D eigenvalue weighted by Crippen LogP contribution is -2.32. The molecule has 0 aliphatic rings. The number of hydrogen-bond donors (Lipinski definition) is 3. The summed E-state index contributed by atoms with van der Waals surface area (Å²) in [4.78, 5) is 20.0. The lowest BCUT2D eigenvalue weighted by molar-refractivity contribution is -0.139. The molecule has 11 heavy (non-hydrogen) atoms. The molecule has 0 saturated heterocycles. The van der Waals surface area contributed by atoms with Crippen molar-refractivity contribution >= 4 is 11.9 Å². The van der Waals surface area contributed by atoms with Gasteiger partial charge in [0.25, 0.3) is 0 Å². The van der Waals surface area contributed by atoms with Gasteiger partial charge in [-0.05, 0) is 6.92 Å². The highest BCUT2D eigenvalue weighted by molar-refractivity contribution is 5.70. The number of hydrogen-bond acceptors (Lipinski definition) is 3. The molecule has 3 N–H and O–H groups in total. The van der Waals surface area contributed by atoms with Crippen molar-refractivity contribution in [2.24, 2.45) is 0 Å². The molecule has 1 atom stereocenters. The zero-order chi connectivity index (χ0) is 8.85. The van der Waals surface area contributed by atoms with E-state index >= 15 is 0 Å². The first-order valence-electron chi connectivity index (χ1n) is 3.19. The summed E-state index contributed by atoms with van der Waals surface area (Å²) in [6.45, 7) is 1.42. The number of carboxylic acids is 2. The molecule has 0 bridgehead atoms. The minimum atomic E-state index is -0.984. The molecule has 0 radical (unpaired) electrons. The van der Waals surface area contributed by atoms with E-state index in [4.69, 9.17) is 10.2 Å². The molecule has 0 heterocycles. The average Bonchev–Trinajstić information content (AvgIpc) is 1.82. The molecule has 0 saturated carbocycles. The monoisotopic (exact) mass is 161 g/mol. The first kappa shape index (κ1) is 9.90. The van der Waals surface area contributed by atoms with Gasteiger partial charge < -0.3 is 15.5 Å². The van der Waals surface area contributed by atoms with E-state index < -0.39 is 11.9 Å². The van der Waals surface area contributed by atoms with Crippen LogP contribution in [-0.2, 0) is 9.59 Å². The van der Waals surface area contributed by atoms with E-state index in [0.717, 1.165) is 0 Å². The average molecular weight is 161 g/mol. The van der Waals surface area contributed by atoms with E-state index in [-0.39, 0.29) is 19.0 Å². The first-order valence-corrected chi connectivity index (χ1v) is 3.19. The maximum Gasteiger partial charge on any atom is 0.317 e. The van der Waals surface area contributed by atoms with Crippen LogP contribution in [0.4, 0.5) is 0 Å². The van der Waals surface area contributed by atoms with Crippen molar-refractivity contribution < 1.29 is 19.8 Å². The second kappa shape index (κ2) is 4.68. The van der Waals surface area contributed by atoms with Crippen LogP contribution < -0.4 is 5.32 Å². The molecule has 0 rings (SSSR count). The topological polar surface area (TPSA) is 86.6 Å². The van der Waals surface area contributed by atoms with Gasteiger partial charge in [-0.15, -0.1) is 0 Å². The highest BCUT2D eigenvalue weighted by Crippen LogP contribution is 1.88. The number of carboxylic acid groups (broad SMARTS) is 2. The van der Waals surface area contributed by atoms with Crippen molar-refractivity contribution in [1.29, 1.82) is 0 Å². The summed E-state index contributed by atoms with van der Waals surface area (Å²) in [5, 5.41) is 19.0. The van der Waals surface area contributed by atoms with E-state index in [1.54, 1.807) is 6.92 Å². The highest BCUT2D eigenvalue weighted by Gasteiger charge is 2.07. The molecule has 0 fully saturated rings. The summed E-state index contributed by atoms with van der Waals surface area (Å²) in [5.74, 6) is -1.92. The van der Waals surface area contributed by atoms with Crippen molar-refractivity contribution in [2.75, 3.05) is 6.54 Å². The Morgan fingerprint density at radius 3 is 2.27 bits per heavy atom. The van der Waals surface area contributed by atoms with Crippen LogP contribution in [0.1, 0.15) is 13.3 Å². The fraction of sp³-hybridized carbons (Fsp3) is 0.667. The molecule has 0 aliphatic carbocycles. The van der Waals surface area contributed by atoms with Crippen molar-refractivity contribution in [2.45, 2.75) is 19.4 Å². The molecule has 0 aromatic rings. The molecule has 0 spiro atoms. The van der Waals surface area contributed by atoms with Gasteiger partial charge in [-0.1, -0.05) is 0 Å². The van der Waals surface area contributed by atoms with Crippen LogP contribution in [0.5, 0.6) is 0 Å². The SMILES string of the molecule is CC(CC(=O)O)NCC(=O)O. The molecule has 64 valence electrons. The van der Waals surface area contributed by atoms with Crippen molar-refractivity contribution in [3.8, 4) is 0 Å². The Kier molecular flexibility index (Phi) is 4.21. The van der Waals surface area contributed by atoms with Gasteiger partial charge in [0.15, 0.2) is 0 Å². The lowest BCUT2D eigenvalue weighted by Gasteiger charge is -2.07. The maximum atomic E-state index is 10.1. The van der Waals surface area contributed by atoms with Crippen molar-refractivity contribution in [3.05, 3.63) is 0 Å². The first-order chi connectivity index (χ1) is 5.02. The lowest BCUT2D eigenvalue weighted by atomic mass is 10.2. The van der Waals surface area contributed by atoms with Gasteiger partial charge in [0, 0.05) is 6.04 Å².